The van der Waals surface area contributed by atoms with Crippen LogP contribution in [0.1, 0.15) is 36.8 Å². The molecule has 0 heterocycles. The highest BCUT2D eigenvalue weighted by atomic mass is 32.2. The summed E-state index contributed by atoms with van der Waals surface area (Å²) in [6, 6.07) is 6.98. The number of rotatable bonds is 11. The van der Waals surface area contributed by atoms with Crippen LogP contribution < -0.4 is 4.72 Å². The number of aliphatic hydroxyl groups is 1. The van der Waals surface area contributed by atoms with Gasteiger partial charge in [-0.25, -0.2) is 13.1 Å². The van der Waals surface area contributed by atoms with E-state index in [0.29, 0.717) is 6.54 Å². The summed E-state index contributed by atoms with van der Waals surface area (Å²) in [6.07, 6.45) is 6.41. The Morgan fingerprint density at radius 1 is 1.05 bits per heavy atom. The Kier molecular flexibility index (Phi) is 8.99. The molecule has 0 radical (unpaired) electrons. The van der Waals surface area contributed by atoms with Gasteiger partial charge in [-0.1, -0.05) is 37.1 Å². The summed E-state index contributed by atoms with van der Waals surface area (Å²) in [5.74, 6) is 1.17. The number of sulfonamides is 1. The van der Waals surface area contributed by atoms with Crippen molar-refractivity contribution in [3.63, 3.8) is 0 Å². The fourth-order valence-electron chi connectivity index (χ4n) is 1.96. The second-order valence-corrected chi connectivity index (χ2v) is 7.83. The van der Waals surface area contributed by atoms with Gasteiger partial charge in [-0.15, -0.1) is 0 Å². The zero-order chi connectivity index (χ0) is 15.6. The van der Waals surface area contributed by atoms with E-state index < -0.39 is 10.0 Å². The van der Waals surface area contributed by atoms with Crippen molar-refractivity contribution in [2.45, 2.75) is 38.0 Å². The third-order valence-corrected chi connectivity index (χ3v) is 5.21. The number of unbranched alkanes of at least 4 members (excludes halogenated alkanes) is 3. The molecule has 1 rings (SSSR count). The summed E-state index contributed by atoms with van der Waals surface area (Å²) in [7, 11) is -3.27. The Morgan fingerprint density at radius 3 is 2.29 bits per heavy atom. The second-order valence-electron chi connectivity index (χ2n) is 5.04. The predicted octanol–water partition coefficient (Wildman–Crippen LogP) is 2.52. The van der Waals surface area contributed by atoms with Crippen molar-refractivity contribution < 1.29 is 13.5 Å². The molecular weight excluding hydrogens is 306 g/mol. The van der Waals surface area contributed by atoms with Crippen LogP contribution in [0.3, 0.4) is 0 Å². The van der Waals surface area contributed by atoms with E-state index >= 15 is 0 Å². The number of hydrogen-bond donors (Lipinski definition) is 2. The van der Waals surface area contributed by atoms with Crippen molar-refractivity contribution in [3.05, 3.63) is 35.4 Å². The quantitative estimate of drug-likeness (QED) is 0.612. The van der Waals surface area contributed by atoms with Gasteiger partial charge in [0.05, 0.1) is 12.4 Å². The van der Waals surface area contributed by atoms with E-state index in [1.807, 2.05) is 11.8 Å². The van der Waals surface area contributed by atoms with Crippen LogP contribution >= 0.6 is 11.8 Å². The molecule has 1 aromatic carbocycles. The molecule has 6 heteroatoms. The molecule has 0 aliphatic rings. The molecule has 0 atom stereocenters. The molecule has 120 valence electrons. The third-order valence-electron chi connectivity index (χ3n) is 3.16. The molecular formula is C15H25NO3S2. The molecule has 1 aromatic rings. The van der Waals surface area contributed by atoms with Gasteiger partial charge < -0.3 is 5.11 Å². The lowest BCUT2D eigenvalue weighted by atomic mass is 10.2. The molecule has 0 fully saturated rings. The van der Waals surface area contributed by atoms with Crippen LogP contribution in [0, 0.1) is 0 Å². The smallest absolute Gasteiger partial charge is 0.215 e. The fraction of sp³-hybridized carbons (Fsp3) is 0.600. The molecule has 0 aromatic heterocycles. The molecule has 0 amide bonds. The highest BCUT2D eigenvalue weighted by molar-refractivity contribution is 7.98. The lowest BCUT2D eigenvalue weighted by Crippen LogP contribution is -2.26. The number of nitrogens with one attached hydrogen (secondary N) is 1. The predicted molar refractivity (Wildman–Crippen MR) is 89.8 cm³/mol. The zero-order valence-corrected chi connectivity index (χ0v) is 14.2. The molecule has 0 bridgehead atoms. The van der Waals surface area contributed by atoms with Crippen molar-refractivity contribution in [2.24, 2.45) is 0 Å². The van der Waals surface area contributed by atoms with E-state index in [2.05, 4.69) is 11.0 Å². The minimum Gasteiger partial charge on any atom is -0.392 e. The Hall–Kier alpha value is -0.560. The van der Waals surface area contributed by atoms with E-state index in [4.69, 9.17) is 5.11 Å². The summed E-state index contributed by atoms with van der Waals surface area (Å²) >= 11 is 1.85. The third kappa shape index (κ3) is 8.46. The molecule has 0 spiro atoms. The van der Waals surface area contributed by atoms with E-state index in [1.165, 1.54) is 12.2 Å². The average Bonchev–Trinajstić information content (AvgIpc) is 2.46. The van der Waals surface area contributed by atoms with Gasteiger partial charge in [0, 0.05) is 6.54 Å². The van der Waals surface area contributed by atoms with Gasteiger partial charge in [0.2, 0.25) is 10.0 Å². The monoisotopic (exact) mass is 331 g/mol. The highest BCUT2D eigenvalue weighted by Crippen LogP contribution is 2.08. The summed E-state index contributed by atoms with van der Waals surface area (Å²) in [6.45, 7) is 0.484. The molecule has 0 saturated carbocycles. The first kappa shape index (κ1) is 18.5. The van der Waals surface area contributed by atoms with Gasteiger partial charge >= 0.3 is 0 Å². The van der Waals surface area contributed by atoms with Crippen LogP contribution in [0.2, 0.25) is 0 Å². The Labute approximate surface area is 132 Å². The number of thioether (sulfide) groups is 1. The van der Waals surface area contributed by atoms with Gasteiger partial charge in [-0.2, -0.15) is 11.8 Å². The number of hydrogen-bond acceptors (Lipinski definition) is 4. The number of aliphatic hydroxyl groups excluding tert-OH is 1. The normalized spacial score (nSPS) is 11.7. The maximum Gasteiger partial charge on any atom is 0.215 e. The minimum atomic E-state index is -3.27. The minimum absolute atomic E-state index is 0.00875. The first-order valence-electron chi connectivity index (χ1n) is 7.22. The Bertz CT molecular complexity index is 486. The summed E-state index contributed by atoms with van der Waals surface area (Å²) in [5, 5.41) is 8.95. The molecule has 2 N–H and O–H groups in total. The van der Waals surface area contributed by atoms with Gasteiger partial charge in [-0.05, 0) is 36.0 Å². The molecule has 0 aliphatic heterocycles. The van der Waals surface area contributed by atoms with Crippen molar-refractivity contribution in [1.29, 1.82) is 0 Å². The van der Waals surface area contributed by atoms with Gasteiger partial charge in [-0.3, -0.25) is 0 Å². The molecule has 0 saturated heterocycles. The highest BCUT2D eigenvalue weighted by Gasteiger charge is 2.10. The second kappa shape index (κ2) is 10.2. The van der Waals surface area contributed by atoms with Crippen LogP contribution in [0.4, 0.5) is 0 Å². The maximum absolute atomic E-state index is 11.9. The van der Waals surface area contributed by atoms with E-state index in [0.717, 1.165) is 30.4 Å². The fourth-order valence-corrected chi connectivity index (χ4v) is 3.65. The maximum atomic E-state index is 11.9. The molecule has 0 unspecified atom stereocenters. The van der Waals surface area contributed by atoms with Crippen LogP contribution in [-0.2, 0) is 22.4 Å². The van der Waals surface area contributed by atoms with Gasteiger partial charge in [0.25, 0.3) is 0 Å². The van der Waals surface area contributed by atoms with Crippen molar-refractivity contribution in [1.82, 2.24) is 4.72 Å². The number of benzene rings is 1. The van der Waals surface area contributed by atoms with Crippen molar-refractivity contribution >= 4 is 21.8 Å². The summed E-state index contributed by atoms with van der Waals surface area (Å²) in [5.41, 5.74) is 1.52. The van der Waals surface area contributed by atoms with Gasteiger partial charge in [0.1, 0.15) is 0 Å². The van der Waals surface area contributed by atoms with Crippen molar-refractivity contribution in [3.8, 4) is 0 Å². The lowest BCUT2D eigenvalue weighted by molar-refractivity contribution is 0.282. The van der Waals surface area contributed by atoms with Crippen LogP contribution in [-0.4, -0.2) is 32.1 Å². The first-order valence-corrected chi connectivity index (χ1v) is 10.3. The molecule has 4 nitrogen and oxygen atoms in total. The lowest BCUT2D eigenvalue weighted by Gasteiger charge is -2.07. The van der Waals surface area contributed by atoms with Gasteiger partial charge in [0.15, 0.2) is 0 Å². The first-order chi connectivity index (χ1) is 10.1. The van der Waals surface area contributed by atoms with E-state index in [9.17, 15) is 8.42 Å². The Balaban J connectivity index is 2.26. The Morgan fingerprint density at radius 2 is 1.67 bits per heavy atom. The van der Waals surface area contributed by atoms with Crippen LogP contribution in [0.15, 0.2) is 24.3 Å². The SMILES string of the molecule is CSCCCCCCNS(=O)(=O)Cc1ccc(CO)cc1. The van der Waals surface area contributed by atoms with Crippen molar-refractivity contribution in [2.75, 3.05) is 18.6 Å². The average molecular weight is 332 g/mol. The van der Waals surface area contributed by atoms with E-state index in [-0.39, 0.29) is 12.4 Å². The zero-order valence-electron chi connectivity index (χ0n) is 12.5. The standard InChI is InChI=1S/C15H25NO3S2/c1-20-11-5-3-2-4-10-16-21(18,19)13-15-8-6-14(12-17)7-9-15/h6-9,16-17H,2-5,10-13H2,1H3. The largest absolute Gasteiger partial charge is 0.392 e. The van der Waals surface area contributed by atoms with Crippen LogP contribution in [0.25, 0.3) is 0 Å². The molecule has 21 heavy (non-hydrogen) atoms. The van der Waals surface area contributed by atoms with E-state index in [1.54, 1.807) is 24.3 Å². The molecule has 0 aliphatic carbocycles. The van der Waals surface area contributed by atoms with Crippen LogP contribution in [0.5, 0.6) is 0 Å². The summed E-state index contributed by atoms with van der Waals surface area (Å²) in [4.78, 5) is 0. The summed E-state index contributed by atoms with van der Waals surface area (Å²) < 4.78 is 26.5. The topological polar surface area (TPSA) is 66.4 Å².